The van der Waals surface area contributed by atoms with Gasteiger partial charge < -0.3 is 4.74 Å². The lowest BCUT2D eigenvalue weighted by atomic mass is 10.2. The van der Waals surface area contributed by atoms with E-state index in [-0.39, 0.29) is 6.10 Å². The molecule has 19 heavy (non-hydrogen) atoms. The summed E-state index contributed by atoms with van der Waals surface area (Å²) in [5, 5.41) is 7.15. The molecule has 0 amide bonds. The first-order valence-corrected chi connectivity index (χ1v) is 7.98. The molecule has 2 aromatic heterocycles. The normalized spacial score (nSPS) is 20.8. The number of ether oxygens (including phenoxy) is 1. The minimum atomic E-state index is 0.0535. The van der Waals surface area contributed by atoms with Gasteiger partial charge in [0.1, 0.15) is 21.1 Å². The number of hydrogen-bond acceptors (Lipinski definition) is 7. The van der Waals surface area contributed by atoms with Gasteiger partial charge in [-0.15, -0.1) is 16.4 Å². The summed E-state index contributed by atoms with van der Waals surface area (Å²) in [6.07, 6.45) is 0.0535. The van der Waals surface area contributed by atoms with Crippen LogP contribution in [0.5, 0.6) is 0 Å². The van der Waals surface area contributed by atoms with E-state index >= 15 is 0 Å². The zero-order chi connectivity index (χ0) is 13.2. The van der Waals surface area contributed by atoms with Gasteiger partial charge in [-0.25, -0.2) is 4.98 Å². The van der Waals surface area contributed by atoms with Crippen molar-refractivity contribution in [2.24, 2.45) is 0 Å². The summed E-state index contributed by atoms with van der Waals surface area (Å²) in [4.78, 5) is 6.78. The predicted octanol–water partition coefficient (Wildman–Crippen LogP) is 2.53. The fourth-order valence-electron chi connectivity index (χ4n) is 2.02. The molecule has 5 nitrogen and oxygen atoms in total. The SMILES string of the molecule is Cc1csc([C@@H]2CN(Cc3nnsc3Cl)CCO2)n1. The van der Waals surface area contributed by atoms with Crippen LogP contribution in [0.4, 0.5) is 0 Å². The number of nitrogens with zero attached hydrogens (tertiary/aromatic N) is 4. The Bertz CT molecular complexity index is 558. The lowest BCUT2D eigenvalue weighted by Gasteiger charge is -2.31. The largest absolute Gasteiger partial charge is 0.368 e. The Hall–Kier alpha value is -0.600. The van der Waals surface area contributed by atoms with Gasteiger partial charge in [-0.1, -0.05) is 16.1 Å². The van der Waals surface area contributed by atoms with Crippen molar-refractivity contribution in [2.75, 3.05) is 19.7 Å². The molecular formula is C11H13ClN4OS2. The third-order valence-corrected chi connectivity index (χ3v) is 4.98. The summed E-state index contributed by atoms with van der Waals surface area (Å²) in [6.45, 7) is 5.13. The van der Waals surface area contributed by atoms with Crippen LogP contribution in [0.3, 0.4) is 0 Å². The Morgan fingerprint density at radius 3 is 3.16 bits per heavy atom. The second-order valence-electron chi connectivity index (χ2n) is 4.42. The highest BCUT2D eigenvalue weighted by Crippen LogP contribution is 2.27. The topological polar surface area (TPSA) is 51.1 Å². The fraction of sp³-hybridized carbons (Fsp3) is 0.545. The van der Waals surface area contributed by atoms with E-state index in [2.05, 4.69) is 24.9 Å². The second kappa shape index (κ2) is 5.80. The summed E-state index contributed by atoms with van der Waals surface area (Å²) < 4.78 is 10.3. The fourth-order valence-corrected chi connectivity index (χ4v) is 3.47. The number of aryl methyl sites for hydroxylation is 1. The number of hydrogen-bond donors (Lipinski definition) is 0. The molecule has 3 rings (SSSR count). The van der Waals surface area contributed by atoms with E-state index in [1.54, 1.807) is 11.3 Å². The maximum atomic E-state index is 6.04. The molecule has 2 aromatic rings. The van der Waals surface area contributed by atoms with Crippen LogP contribution in [0.1, 0.15) is 22.5 Å². The Morgan fingerprint density at radius 1 is 1.58 bits per heavy atom. The molecule has 0 radical (unpaired) electrons. The molecule has 0 spiro atoms. The van der Waals surface area contributed by atoms with E-state index < -0.39 is 0 Å². The average molecular weight is 317 g/mol. The molecule has 0 N–H and O–H groups in total. The predicted molar refractivity (Wildman–Crippen MR) is 75.7 cm³/mol. The van der Waals surface area contributed by atoms with Gasteiger partial charge in [-0.3, -0.25) is 4.90 Å². The Morgan fingerprint density at radius 2 is 2.47 bits per heavy atom. The first-order chi connectivity index (χ1) is 9.22. The third kappa shape index (κ3) is 3.11. The maximum absolute atomic E-state index is 6.04. The molecule has 0 saturated carbocycles. The van der Waals surface area contributed by atoms with Crippen LogP contribution in [0.15, 0.2) is 5.38 Å². The van der Waals surface area contributed by atoms with Crippen molar-refractivity contribution in [1.82, 2.24) is 19.5 Å². The molecule has 0 aromatic carbocycles. The van der Waals surface area contributed by atoms with Crippen molar-refractivity contribution >= 4 is 34.5 Å². The van der Waals surface area contributed by atoms with Gasteiger partial charge in [0.25, 0.3) is 0 Å². The minimum absolute atomic E-state index is 0.0535. The molecule has 8 heteroatoms. The van der Waals surface area contributed by atoms with E-state index in [0.717, 1.165) is 36.0 Å². The Kier molecular flexibility index (Phi) is 4.09. The molecule has 0 aliphatic carbocycles. The molecular weight excluding hydrogens is 304 g/mol. The zero-order valence-corrected chi connectivity index (χ0v) is 12.8. The van der Waals surface area contributed by atoms with Gasteiger partial charge in [0, 0.05) is 42.2 Å². The third-order valence-electron chi connectivity index (χ3n) is 2.95. The number of halogens is 1. The average Bonchev–Trinajstić information content (AvgIpc) is 3.00. The van der Waals surface area contributed by atoms with E-state index in [4.69, 9.17) is 16.3 Å². The molecule has 1 aliphatic heterocycles. The van der Waals surface area contributed by atoms with Crippen molar-refractivity contribution in [1.29, 1.82) is 0 Å². The van der Waals surface area contributed by atoms with Crippen LogP contribution in [-0.2, 0) is 11.3 Å². The number of morpholine rings is 1. The maximum Gasteiger partial charge on any atom is 0.138 e. The number of rotatable bonds is 3. The van der Waals surface area contributed by atoms with Crippen molar-refractivity contribution < 1.29 is 4.74 Å². The van der Waals surface area contributed by atoms with Crippen LogP contribution < -0.4 is 0 Å². The highest BCUT2D eigenvalue weighted by atomic mass is 35.5. The zero-order valence-electron chi connectivity index (χ0n) is 10.4. The number of aromatic nitrogens is 3. The summed E-state index contributed by atoms with van der Waals surface area (Å²) in [7, 11) is 0. The van der Waals surface area contributed by atoms with E-state index in [1.807, 2.05) is 6.92 Å². The molecule has 0 bridgehead atoms. The van der Waals surface area contributed by atoms with Crippen molar-refractivity contribution in [3.05, 3.63) is 26.1 Å². The van der Waals surface area contributed by atoms with Crippen molar-refractivity contribution in [3.63, 3.8) is 0 Å². The van der Waals surface area contributed by atoms with Gasteiger partial charge >= 0.3 is 0 Å². The van der Waals surface area contributed by atoms with Gasteiger partial charge in [0.2, 0.25) is 0 Å². The van der Waals surface area contributed by atoms with Crippen molar-refractivity contribution in [2.45, 2.75) is 19.6 Å². The summed E-state index contributed by atoms with van der Waals surface area (Å²) in [6, 6.07) is 0. The molecule has 1 atom stereocenters. The minimum Gasteiger partial charge on any atom is -0.368 e. The molecule has 102 valence electrons. The smallest absolute Gasteiger partial charge is 0.138 e. The van der Waals surface area contributed by atoms with Crippen molar-refractivity contribution in [3.8, 4) is 0 Å². The van der Waals surface area contributed by atoms with Gasteiger partial charge in [0.05, 0.1) is 6.61 Å². The standard InChI is InChI=1S/C11H13ClN4OS2/c1-7-6-18-11(13-7)9-5-16(2-3-17-9)4-8-10(12)19-15-14-8/h6,9H,2-5H2,1H3/t9-/m0/s1. The van der Waals surface area contributed by atoms with Crippen LogP contribution >= 0.6 is 34.5 Å². The van der Waals surface area contributed by atoms with E-state index in [0.29, 0.717) is 10.9 Å². The van der Waals surface area contributed by atoms with Gasteiger partial charge in [-0.2, -0.15) is 0 Å². The lowest BCUT2D eigenvalue weighted by molar-refractivity contribution is -0.0333. The monoisotopic (exact) mass is 316 g/mol. The van der Waals surface area contributed by atoms with Crippen LogP contribution in [0, 0.1) is 6.92 Å². The summed E-state index contributed by atoms with van der Waals surface area (Å²) in [5.74, 6) is 0. The van der Waals surface area contributed by atoms with Crippen LogP contribution in [0.2, 0.25) is 4.34 Å². The first kappa shape index (κ1) is 13.4. The van der Waals surface area contributed by atoms with Gasteiger partial charge in [0.15, 0.2) is 0 Å². The molecule has 1 aliphatic rings. The van der Waals surface area contributed by atoms with Crippen LogP contribution in [0.25, 0.3) is 0 Å². The van der Waals surface area contributed by atoms with Crippen LogP contribution in [-0.4, -0.2) is 39.2 Å². The lowest BCUT2D eigenvalue weighted by Crippen LogP contribution is -2.37. The number of thiazole rings is 1. The highest BCUT2D eigenvalue weighted by Gasteiger charge is 2.25. The van der Waals surface area contributed by atoms with Gasteiger partial charge in [-0.05, 0) is 6.92 Å². The van der Waals surface area contributed by atoms with E-state index in [9.17, 15) is 0 Å². The second-order valence-corrected chi connectivity index (χ2v) is 6.66. The summed E-state index contributed by atoms with van der Waals surface area (Å²) >= 11 is 8.93. The molecule has 1 fully saturated rings. The quantitative estimate of drug-likeness (QED) is 0.871. The molecule has 3 heterocycles. The van der Waals surface area contributed by atoms with E-state index in [1.165, 1.54) is 11.5 Å². The molecule has 0 unspecified atom stereocenters. The first-order valence-electron chi connectivity index (χ1n) is 5.95. The molecule has 1 saturated heterocycles. The Balaban J connectivity index is 1.66. The highest BCUT2D eigenvalue weighted by molar-refractivity contribution is 7.10. The Labute approximate surface area is 124 Å². The summed E-state index contributed by atoms with van der Waals surface area (Å²) in [5.41, 5.74) is 1.90.